The number of aryl methyl sites for hydroxylation is 1. The normalized spacial score (nSPS) is 22.1. The second-order valence-corrected chi connectivity index (χ2v) is 12.1. The van der Waals surface area contributed by atoms with Crippen molar-refractivity contribution in [3.8, 4) is 5.75 Å². The van der Waals surface area contributed by atoms with Crippen LogP contribution in [0, 0.1) is 6.92 Å². The largest absolute Gasteiger partial charge is 0.508 e. The van der Waals surface area contributed by atoms with Crippen molar-refractivity contribution in [2.45, 2.75) is 52.0 Å². The van der Waals surface area contributed by atoms with E-state index in [1.165, 1.54) is 29.1 Å². The number of phenols is 1. The zero-order valence-corrected chi connectivity index (χ0v) is 26.9. The molecule has 0 aromatic heterocycles. The standard InChI is InChI=1S/C12H15F3N2.C12H18N2.C11H16N2O/c1-9-8-16-5-6-17(9)11-4-2-3-10(7-11)12(13,14)15;1-10-3-5-12(6-4-10)14-8-7-13-9-11(14)2;1-9-8-12-6-7-13(9)10-2-4-11(14)5-3-10/h2-4,7,9,16H,5-6,8H2,1H3;3-6,11,13H,7-9H2,1-2H3;2-5,9,12,14H,6-8H2,1H3. The van der Waals surface area contributed by atoms with Crippen LogP contribution in [0.4, 0.5) is 30.2 Å². The van der Waals surface area contributed by atoms with Gasteiger partial charge < -0.3 is 35.8 Å². The average molecular weight is 627 g/mol. The number of nitrogens with one attached hydrogen (secondary N) is 3. The Morgan fingerprint density at radius 1 is 0.622 bits per heavy atom. The van der Waals surface area contributed by atoms with Crippen molar-refractivity contribution in [1.29, 1.82) is 0 Å². The molecule has 0 amide bonds. The Bertz CT molecular complexity index is 1240. The minimum Gasteiger partial charge on any atom is -0.508 e. The van der Waals surface area contributed by atoms with Crippen molar-refractivity contribution in [2.75, 3.05) is 73.6 Å². The number of rotatable bonds is 3. The number of phenolic OH excluding ortho intramolecular Hbond substituents is 1. The highest BCUT2D eigenvalue weighted by molar-refractivity contribution is 5.51. The minimum atomic E-state index is -4.27. The van der Waals surface area contributed by atoms with Gasteiger partial charge in [0.15, 0.2) is 0 Å². The predicted octanol–water partition coefficient (Wildman–Crippen LogP) is 5.49. The van der Waals surface area contributed by atoms with Gasteiger partial charge in [0.05, 0.1) is 5.56 Å². The van der Waals surface area contributed by atoms with E-state index in [9.17, 15) is 18.3 Å². The molecular formula is C35H49F3N6O. The Hall–Kier alpha value is -3.47. The van der Waals surface area contributed by atoms with E-state index in [0.717, 1.165) is 65.0 Å². The van der Waals surface area contributed by atoms with Gasteiger partial charge in [-0.2, -0.15) is 13.2 Å². The highest BCUT2D eigenvalue weighted by Gasteiger charge is 2.31. The highest BCUT2D eigenvalue weighted by Crippen LogP contribution is 2.32. The molecule has 3 aliphatic heterocycles. The first-order valence-corrected chi connectivity index (χ1v) is 16.0. The van der Waals surface area contributed by atoms with E-state index in [1.54, 1.807) is 18.2 Å². The second kappa shape index (κ2) is 16.2. The lowest BCUT2D eigenvalue weighted by Gasteiger charge is -2.36. The van der Waals surface area contributed by atoms with Gasteiger partial charge in [-0.05, 0) is 82.3 Å². The quantitative estimate of drug-likeness (QED) is 0.307. The van der Waals surface area contributed by atoms with E-state index in [2.05, 4.69) is 70.8 Å². The molecule has 0 spiro atoms. The maximum atomic E-state index is 12.6. The molecule has 3 aromatic rings. The predicted molar refractivity (Wildman–Crippen MR) is 180 cm³/mol. The van der Waals surface area contributed by atoms with Crippen LogP contribution in [0.3, 0.4) is 0 Å². The minimum absolute atomic E-state index is 0.215. The third kappa shape index (κ3) is 10.0. The van der Waals surface area contributed by atoms with Gasteiger partial charge in [-0.15, -0.1) is 0 Å². The van der Waals surface area contributed by atoms with Crippen molar-refractivity contribution < 1.29 is 18.3 Å². The summed E-state index contributed by atoms with van der Waals surface area (Å²) in [5.41, 5.74) is 3.94. The number of hydrogen-bond donors (Lipinski definition) is 4. The fourth-order valence-electron chi connectivity index (χ4n) is 5.92. The summed E-state index contributed by atoms with van der Waals surface area (Å²) in [6.07, 6.45) is -4.27. The van der Waals surface area contributed by atoms with Crippen molar-refractivity contribution >= 4 is 17.1 Å². The van der Waals surface area contributed by atoms with Crippen molar-refractivity contribution in [3.05, 3.63) is 83.9 Å². The molecule has 6 rings (SSSR count). The van der Waals surface area contributed by atoms with E-state index >= 15 is 0 Å². The Balaban J connectivity index is 0.000000155. The van der Waals surface area contributed by atoms with E-state index in [4.69, 9.17) is 0 Å². The van der Waals surface area contributed by atoms with Crippen LogP contribution in [-0.2, 0) is 6.18 Å². The topological polar surface area (TPSA) is 66.0 Å². The summed E-state index contributed by atoms with van der Waals surface area (Å²) in [5.74, 6) is 0.330. The third-order valence-electron chi connectivity index (χ3n) is 8.56. The van der Waals surface area contributed by atoms with Crippen LogP contribution in [-0.4, -0.2) is 82.1 Å². The number of halogens is 3. The Labute approximate surface area is 266 Å². The summed E-state index contributed by atoms with van der Waals surface area (Å²) >= 11 is 0. The highest BCUT2D eigenvalue weighted by atomic mass is 19.4. The van der Waals surface area contributed by atoms with E-state index < -0.39 is 11.7 Å². The monoisotopic (exact) mass is 626 g/mol. The molecule has 0 radical (unpaired) electrons. The number of benzene rings is 3. The number of hydrogen-bond acceptors (Lipinski definition) is 7. The lowest BCUT2D eigenvalue weighted by atomic mass is 10.1. The van der Waals surface area contributed by atoms with Gasteiger partial charge >= 0.3 is 6.18 Å². The molecule has 3 aromatic carbocycles. The Kier molecular flexibility index (Phi) is 12.4. The van der Waals surface area contributed by atoms with Crippen molar-refractivity contribution in [2.24, 2.45) is 0 Å². The SMILES string of the molecule is CC1CNCCN1c1ccc(O)cc1.CC1CNCCN1c1cccc(C(F)(F)F)c1.Cc1ccc(N2CCNCC2C)cc1. The van der Waals surface area contributed by atoms with Gasteiger partial charge in [-0.25, -0.2) is 0 Å². The molecule has 3 fully saturated rings. The summed E-state index contributed by atoms with van der Waals surface area (Å²) in [4.78, 5) is 6.83. The molecule has 0 saturated carbocycles. The van der Waals surface area contributed by atoms with Gasteiger partial charge in [-0.3, -0.25) is 0 Å². The molecule has 3 saturated heterocycles. The summed E-state index contributed by atoms with van der Waals surface area (Å²) in [7, 11) is 0. The second-order valence-electron chi connectivity index (χ2n) is 12.1. The molecular weight excluding hydrogens is 577 g/mol. The molecule has 246 valence electrons. The molecule has 45 heavy (non-hydrogen) atoms. The van der Waals surface area contributed by atoms with Crippen LogP contribution in [0.25, 0.3) is 0 Å². The average Bonchev–Trinajstić information content (AvgIpc) is 3.03. The molecule has 3 atom stereocenters. The first kappa shape index (κ1) is 34.4. The number of alkyl halides is 3. The van der Waals surface area contributed by atoms with Crippen molar-refractivity contribution in [3.63, 3.8) is 0 Å². The van der Waals surface area contributed by atoms with Crippen LogP contribution in [0.2, 0.25) is 0 Å². The van der Waals surface area contributed by atoms with E-state index in [1.807, 2.05) is 24.0 Å². The molecule has 3 aliphatic rings. The Morgan fingerprint density at radius 2 is 1.04 bits per heavy atom. The van der Waals surface area contributed by atoms with Gasteiger partial charge in [0.25, 0.3) is 0 Å². The smallest absolute Gasteiger partial charge is 0.416 e. The van der Waals surface area contributed by atoms with Gasteiger partial charge in [0, 0.05) is 94.1 Å². The summed E-state index contributed by atoms with van der Waals surface area (Å²) in [5, 5.41) is 19.2. The molecule has 4 N–H and O–H groups in total. The molecule has 0 aliphatic carbocycles. The molecule has 10 heteroatoms. The summed E-state index contributed by atoms with van der Waals surface area (Å²) in [6.45, 7) is 17.4. The van der Waals surface area contributed by atoms with Crippen LogP contribution < -0.4 is 30.7 Å². The Morgan fingerprint density at radius 3 is 1.47 bits per heavy atom. The molecule has 0 bridgehead atoms. The molecule has 3 unspecified atom stereocenters. The van der Waals surface area contributed by atoms with Gasteiger partial charge in [-0.1, -0.05) is 23.8 Å². The third-order valence-corrected chi connectivity index (χ3v) is 8.56. The number of piperazine rings is 3. The maximum Gasteiger partial charge on any atom is 0.416 e. The zero-order valence-electron chi connectivity index (χ0n) is 26.9. The van der Waals surface area contributed by atoms with Crippen LogP contribution in [0.5, 0.6) is 5.75 Å². The molecule has 7 nitrogen and oxygen atoms in total. The zero-order chi connectivity index (χ0) is 32.4. The van der Waals surface area contributed by atoms with Crippen LogP contribution >= 0.6 is 0 Å². The summed E-state index contributed by atoms with van der Waals surface area (Å²) < 4.78 is 37.8. The maximum absolute atomic E-state index is 12.6. The number of anilines is 3. The first-order valence-electron chi connectivity index (χ1n) is 16.0. The van der Waals surface area contributed by atoms with E-state index in [-0.39, 0.29) is 6.04 Å². The number of nitrogens with zero attached hydrogens (tertiary/aromatic N) is 3. The van der Waals surface area contributed by atoms with Gasteiger partial charge in [0.1, 0.15) is 5.75 Å². The van der Waals surface area contributed by atoms with Gasteiger partial charge in [0.2, 0.25) is 0 Å². The first-order chi connectivity index (χ1) is 21.5. The van der Waals surface area contributed by atoms with E-state index in [0.29, 0.717) is 23.5 Å². The van der Waals surface area contributed by atoms with Crippen LogP contribution in [0.15, 0.2) is 72.8 Å². The molecule has 3 heterocycles. The van der Waals surface area contributed by atoms with Crippen molar-refractivity contribution in [1.82, 2.24) is 16.0 Å². The fraction of sp³-hybridized carbons (Fsp3) is 0.486. The lowest BCUT2D eigenvalue weighted by Crippen LogP contribution is -2.49. The lowest BCUT2D eigenvalue weighted by molar-refractivity contribution is -0.137. The fourth-order valence-corrected chi connectivity index (χ4v) is 5.92. The number of aromatic hydroxyl groups is 1. The summed E-state index contributed by atoms with van der Waals surface area (Å²) in [6, 6.07) is 23.1. The van der Waals surface area contributed by atoms with Crippen LogP contribution in [0.1, 0.15) is 31.9 Å².